The number of carboxylic acids is 1. The molecule has 7 nitrogen and oxygen atoms in total. The molecule has 1 atom stereocenters. The van der Waals surface area contributed by atoms with Crippen molar-refractivity contribution in [1.29, 1.82) is 0 Å². The molecular formula is C13H17NO6S. The summed E-state index contributed by atoms with van der Waals surface area (Å²) >= 11 is 0. The highest BCUT2D eigenvalue weighted by Crippen LogP contribution is 2.12. The van der Waals surface area contributed by atoms with Crippen LogP contribution in [0.3, 0.4) is 0 Å². The minimum absolute atomic E-state index is 0.00689. The molecule has 0 aromatic heterocycles. The molecule has 0 bridgehead atoms. The SMILES string of the molecule is CC(O)(CNC(=O)c1cccc(S(C)(=O)=O)c1)CC(=O)O. The Morgan fingerprint density at radius 1 is 1.33 bits per heavy atom. The highest BCUT2D eigenvalue weighted by atomic mass is 32.2. The van der Waals surface area contributed by atoms with Crippen LogP contribution in [0.5, 0.6) is 0 Å². The van der Waals surface area contributed by atoms with Crippen LogP contribution in [0.1, 0.15) is 23.7 Å². The molecule has 0 aliphatic rings. The van der Waals surface area contributed by atoms with Gasteiger partial charge in [0.2, 0.25) is 0 Å². The van der Waals surface area contributed by atoms with Gasteiger partial charge in [0, 0.05) is 18.4 Å². The first kappa shape index (κ1) is 17.1. The van der Waals surface area contributed by atoms with E-state index >= 15 is 0 Å². The molecule has 1 aromatic carbocycles. The lowest BCUT2D eigenvalue weighted by atomic mass is 10.0. The van der Waals surface area contributed by atoms with Crippen LogP contribution in [-0.4, -0.2) is 48.9 Å². The number of carbonyl (C=O) groups is 2. The molecule has 0 aliphatic carbocycles. The van der Waals surface area contributed by atoms with Gasteiger partial charge in [-0.25, -0.2) is 8.42 Å². The quantitative estimate of drug-likeness (QED) is 0.682. The van der Waals surface area contributed by atoms with Crippen LogP contribution >= 0.6 is 0 Å². The van der Waals surface area contributed by atoms with E-state index < -0.39 is 33.7 Å². The molecule has 0 radical (unpaired) electrons. The highest BCUT2D eigenvalue weighted by molar-refractivity contribution is 7.90. The number of benzene rings is 1. The number of hydrogen-bond acceptors (Lipinski definition) is 5. The maximum absolute atomic E-state index is 11.9. The van der Waals surface area contributed by atoms with E-state index in [1.165, 1.54) is 31.2 Å². The third-order valence-corrected chi connectivity index (χ3v) is 3.80. The molecule has 1 amide bonds. The molecule has 1 unspecified atom stereocenters. The fourth-order valence-corrected chi connectivity index (χ4v) is 2.30. The maximum atomic E-state index is 11.9. The highest BCUT2D eigenvalue weighted by Gasteiger charge is 2.25. The number of hydrogen-bond donors (Lipinski definition) is 3. The Morgan fingerprint density at radius 3 is 2.48 bits per heavy atom. The fraction of sp³-hybridized carbons (Fsp3) is 0.385. The van der Waals surface area contributed by atoms with Crippen molar-refractivity contribution in [2.45, 2.75) is 23.8 Å². The number of carbonyl (C=O) groups excluding carboxylic acids is 1. The van der Waals surface area contributed by atoms with E-state index in [-0.39, 0.29) is 17.0 Å². The average molecular weight is 315 g/mol. The maximum Gasteiger partial charge on any atom is 0.306 e. The van der Waals surface area contributed by atoms with Crippen molar-refractivity contribution in [2.24, 2.45) is 0 Å². The summed E-state index contributed by atoms with van der Waals surface area (Å²) in [7, 11) is -3.43. The molecule has 116 valence electrons. The zero-order chi connectivity index (χ0) is 16.3. The first-order valence-corrected chi connectivity index (χ1v) is 7.93. The molecule has 0 heterocycles. The van der Waals surface area contributed by atoms with Crippen LogP contribution in [-0.2, 0) is 14.6 Å². The van der Waals surface area contributed by atoms with E-state index in [9.17, 15) is 23.1 Å². The summed E-state index contributed by atoms with van der Waals surface area (Å²) in [6, 6.07) is 5.44. The third-order valence-electron chi connectivity index (χ3n) is 2.69. The van der Waals surface area contributed by atoms with Gasteiger partial charge in [0.15, 0.2) is 9.84 Å². The molecule has 8 heteroatoms. The van der Waals surface area contributed by atoms with Gasteiger partial charge in [-0.2, -0.15) is 0 Å². The smallest absolute Gasteiger partial charge is 0.306 e. The van der Waals surface area contributed by atoms with E-state index in [0.29, 0.717) is 0 Å². The normalized spacial score (nSPS) is 14.2. The monoisotopic (exact) mass is 315 g/mol. The van der Waals surface area contributed by atoms with Crippen LogP contribution in [0.4, 0.5) is 0 Å². The van der Waals surface area contributed by atoms with Crippen LogP contribution in [0.2, 0.25) is 0 Å². The molecule has 21 heavy (non-hydrogen) atoms. The Morgan fingerprint density at radius 2 is 1.95 bits per heavy atom. The summed E-state index contributed by atoms with van der Waals surface area (Å²) in [6.07, 6.45) is 0.512. The Balaban J connectivity index is 2.79. The number of sulfone groups is 1. The van der Waals surface area contributed by atoms with Gasteiger partial charge >= 0.3 is 5.97 Å². The Hall–Kier alpha value is -1.93. The van der Waals surface area contributed by atoms with Gasteiger partial charge in [-0.1, -0.05) is 6.07 Å². The van der Waals surface area contributed by atoms with Crippen LogP contribution in [0.25, 0.3) is 0 Å². The predicted molar refractivity (Wildman–Crippen MR) is 74.8 cm³/mol. The molecule has 0 spiro atoms. The molecule has 0 saturated carbocycles. The summed E-state index contributed by atoms with van der Waals surface area (Å²) < 4.78 is 22.8. The molecule has 3 N–H and O–H groups in total. The summed E-state index contributed by atoms with van der Waals surface area (Å²) in [5.74, 6) is -1.78. The van der Waals surface area contributed by atoms with Gasteiger partial charge in [-0.15, -0.1) is 0 Å². The lowest BCUT2D eigenvalue weighted by Gasteiger charge is -2.21. The number of aliphatic carboxylic acids is 1. The van der Waals surface area contributed by atoms with Crippen LogP contribution in [0, 0.1) is 0 Å². The molecule has 0 fully saturated rings. The van der Waals surface area contributed by atoms with Gasteiger partial charge < -0.3 is 15.5 Å². The van der Waals surface area contributed by atoms with E-state index in [1.54, 1.807) is 0 Å². The zero-order valence-corrected chi connectivity index (χ0v) is 12.5. The Labute approximate surface area is 122 Å². The number of nitrogens with one attached hydrogen (secondary N) is 1. The topological polar surface area (TPSA) is 121 Å². The van der Waals surface area contributed by atoms with E-state index in [2.05, 4.69) is 5.32 Å². The molecule has 0 aliphatic heterocycles. The Kier molecular flexibility index (Phi) is 5.08. The number of aliphatic hydroxyl groups is 1. The van der Waals surface area contributed by atoms with Gasteiger partial charge in [0.1, 0.15) is 0 Å². The molecular weight excluding hydrogens is 298 g/mol. The second kappa shape index (κ2) is 6.23. The van der Waals surface area contributed by atoms with Crippen LogP contribution in [0.15, 0.2) is 29.2 Å². The van der Waals surface area contributed by atoms with Crippen molar-refractivity contribution in [1.82, 2.24) is 5.32 Å². The first-order chi connectivity index (χ1) is 9.51. The van der Waals surface area contributed by atoms with Crippen molar-refractivity contribution in [3.05, 3.63) is 29.8 Å². The average Bonchev–Trinajstić information content (AvgIpc) is 2.33. The van der Waals surface area contributed by atoms with Crippen molar-refractivity contribution in [3.63, 3.8) is 0 Å². The van der Waals surface area contributed by atoms with Crippen molar-refractivity contribution < 1.29 is 28.2 Å². The summed E-state index contributed by atoms with van der Waals surface area (Å²) in [4.78, 5) is 22.4. The number of carboxylic acid groups (broad SMARTS) is 1. The summed E-state index contributed by atoms with van der Waals surface area (Å²) in [6.45, 7) is 1.02. The van der Waals surface area contributed by atoms with Crippen LogP contribution < -0.4 is 5.32 Å². The van der Waals surface area contributed by atoms with Gasteiger partial charge in [-0.3, -0.25) is 9.59 Å². The molecule has 1 rings (SSSR count). The number of amides is 1. The molecule has 1 aromatic rings. The van der Waals surface area contributed by atoms with Gasteiger partial charge in [0.25, 0.3) is 5.91 Å². The third kappa shape index (κ3) is 5.52. The minimum atomic E-state index is -3.43. The summed E-state index contributed by atoms with van der Waals surface area (Å²) in [5.41, 5.74) is -1.47. The van der Waals surface area contributed by atoms with Gasteiger partial charge in [0.05, 0.1) is 16.9 Å². The largest absolute Gasteiger partial charge is 0.481 e. The minimum Gasteiger partial charge on any atom is -0.481 e. The fourth-order valence-electron chi connectivity index (χ4n) is 1.63. The Bertz CT molecular complexity index is 650. The van der Waals surface area contributed by atoms with Gasteiger partial charge in [-0.05, 0) is 25.1 Å². The first-order valence-electron chi connectivity index (χ1n) is 6.04. The standard InChI is InChI=1S/C13H17NO6S/c1-13(18,7-11(15)16)8-14-12(17)9-4-3-5-10(6-9)21(2,19)20/h3-6,18H,7-8H2,1-2H3,(H,14,17)(H,15,16). The summed E-state index contributed by atoms with van der Waals surface area (Å²) in [5, 5.41) is 20.8. The van der Waals surface area contributed by atoms with Crippen molar-refractivity contribution in [3.8, 4) is 0 Å². The lowest BCUT2D eigenvalue weighted by Crippen LogP contribution is -2.42. The van der Waals surface area contributed by atoms with E-state index in [0.717, 1.165) is 6.26 Å². The predicted octanol–water partition coefficient (Wildman–Crippen LogP) is 0.0456. The van der Waals surface area contributed by atoms with Crippen molar-refractivity contribution >= 4 is 21.7 Å². The van der Waals surface area contributed by atoms with Crippen molar-refractivity contribution in [2.75, 3.05) is 12.8 Å². The zero-order valence-electron chi connectivity index (χ0n) is 11.7. The van der Waals surface area contributed by atoms with E-state index in [1.807, 2.05) is 0 Å². The van der Waals surface area contributed by atoms with E-state index in [4.69, 9.17) is 5.11 Å². The lowest BCUT2D eigenvalue weighted by molar-refractivity contribution is -0.141. The second-order valence-electron chi connectivity index (χ2n) is 5.05. The molecule has 0 saturated heterocycles. The number of rotatable bonds is 6. The second-order valence-corrected chi connectivity index (χ2v) is 7.07.